The molecule has 0 saturated heterocycles. The van der Waals surface area contributed by atoms with Crippen LogP contribution in [0.25, 0.3) is 0 Å². The SMILES string of the molecule is C[C@H](O)CCN(C)c1ccc(Br)cc1C#N. The molecule has 0 unspecified atom stereocenters. The topological polar surface area (TPSA) is 47.3 Å². The van der Waals surface area contributed by atoms with Gasteiger partial charge in [-0.3, -0.25) is 0 Å². The summed E-state index contributed by atoms with van der Waals surface area (Å²) < 4.78 is 0.900. The maximum Gasteiger partial charge on any atom is 0.101 e. The summed E-state index contributed by atoms with van der Waals surface area (Å²) >= 11 is 3.34. The largest absolute Gasteiger partial charge is 0.393 e. The number of nitrogens with zero attached hydrogens (tertiary/aromatic N) is 2. The number of rotatable bonds is 4. The minimum atomic E-state index is -0.316. The van der Waals surface area contributed by atoms with E-state index in [9.17, 15) is 5.11 Å². The van der Waals surface area contributed by atoms with E-state index in [0.29, 0.717) is 12.0 Å². The molecule has 3 nitrogen and oxygen atoms in total. The first-order valence-corrected chi connectivity index (χ1v) is 5.92. The van der Waals surface area contributed by atoms with Crippen LogP contribution in [0, 0.1) is 11.3 Å². The molecular weight excluding hydrogens is 268 g/mol. The second-order valence-electron chi connectivity index (χ2n) is 3.83. The van der Waals surface area contributed by atoms with Gasteiger partial charge < -0.3 is 10.0 Å². The Labute approximate surface area is 104 Å². The van der Waals surface area contributed by atoms with Gasteiger partial charge in [0.15, 0.2) is 0 Å². The molecule has 0 heterocycles. The Morgan fingerprint density at radius 3 is 2.81 bits per heavy atom. The van der Waals surface area contributed by atoms with Crippen LogP contribution in [0.2, 0.25) is 0 Å². The lowest BCUT2D eigenvalue weighted by Crippen LogP contribution is -2.22. The molecule has 0 aliphatic rings. The van der Waals surface area contributed by atoms with E-state index in [4.69, 9.17) is 5.26 Å². The van der Waals surface area contributed by atoms with Crippen molar-refractivity contribution in [1.82, 2.24) is 0 Å². The third-order valence-electron chi connectivity index (χ3n) is 2.37. The molecule has 0 saturated carbocycles. The van der Waals surface area contributed by atoms with Crippen molar-refractivity contribution >= 4 is 21.6 Å². The van der Waals surface area contributed by atoms with Crippen LogP contribution in [0.15, 0.2) is 22.7 Å². The van der Waals surface area contributed by atoms with Crippen LogP contribution in [-0.4, -0.2) is 24.8 Å². The molecule has 1 rings (SSSR count). The number of aliphatic hydroxyl groups excluding tert-OH is 1. The fourth-order valence-corrected chi connectivity index (χ4v) is 1.79. The third kappa shape index (κ3) is 3.51. The van der Waals surface area contributed by atoms with Crippen LogP contribution in [0.3, 0.4) is 0 Å². The first-order valence-electron chi connectivity index (χ1n) is 5.13. The van der Waals surface area contributed by atoms with Crippen LogP contribution in [-0.2, 0) is 0 Å². The lowest BCUT2D eigenvalue weighted by Gasteiger charge is -2.21. The van der Waals surface area contributed by atoms with Gasteiger partial charge in [0.05, 0.1) is 17.4 Å². The minimum Gasteiger partial charge on any atom is -0.393 e. The number of hydrogen-bond acceptors (Lipinski definition) is 3. The number of hydrogen-bond donors (Lipinski definition) is 1. The molecule has 0 spiro atoms. The molecule has 0 bridgehead atoms. The highest BCUT2D eigenvalue weighted by Crippen LogP contribution is 2.23. The van der Waals surface area contributed by atoms with Gasteiger partial charge in [-0.2, -0.15) is 5.26 Å². The van der Waals surface area contributed by atoms with Gasteiger partial charge in [0.1, 0.15) is 6.07 Å². The molecule has 1 N–H and O–H groups in total. The van der Waals surface area contributed by atoms with Gasteiger partial charge in [-0.05, 0) is 31.5 Å². The lowest BCUT2D eigenvalue weighted by atomic mass is 10.1. The molecule has 0 aliphatic carbocycles. The zero-order chi connectivity index (χ0) is 12.1. The summed E-state index contributed by atoms with van der Waals surface area (Å²) in [6.07, 6.45) is 0.376. The van der Waals surface area contributed by atoms with E-state index in [1.807, 2.05) is 24.1 Å². The van der Waals surface area contributed by atoms with E-state index in [0.717, 1.165) is 16.7 Å². The summed E-state index contributed by atoms with van der Waals surface area (Å²) in [6.45, 7) is 2.49. The Hall–Kier alpha value is -1.05. The Balaban J connectivity index is 2.83. The second-order valence-corrected chi connectivity index (χ2v) is 4.75. The van der Waals surface area contributed by atoms with Crippen LogP contribution in [0.1, 0.15) is 18.9 Å². The first kappa shape index (κ1) is 13.0. The predicted octanol–water partition coefficient (Wildman–Crippen LogP) is 2.53. The average molecular weight is 283 g/mol. The third-order valence-corrected chi connectivity index (χ3v) is 2.87. The smallest absolute Gasteiger partial charge is 0.101 e. The standard InChI is InChI=1S/C12H15BrN2O/c1-9(16)5-6-15(2)12-4-3-11(13)7-10(12)8-14/h3-4,7,9,16H,5-6H2,1-2H3/t9-/m0/s1. The average Bonchev–Trinajstić information content (AvgIpc) is 2.25. The number of halogens is 1. The van der Waals surface area contributed by atoms with Gasteiger partial charge in [-0.1, -0.05) is 15.9 Å². The van der Waals surface area contributed by atoms with E-state index >= 15 is 0 Å². The van der Waals surface area contributed by atoms with E-state index in [1.54, 1.807) is 13.0 Å². The number of aliphatic hydroxyl groups is 1. The fourth-order valence-electron chi connectivity index (χ4n) is 1.43. The monoisotopic (exact) mass is 282 g/mol. The van der Waals surface area contributed by atoms with Crippen molar-refractivity contribution in [1.29, 1.82) is 5.26 Å². The highest BCUT2D eigenvalue weighted by atomic mass is 79.9. The summed E-state index contributed by atoms with van der Waals surface area (Å²) in [6, 6.07) is 7.79. The Morgan fingerprint density at radius 2 is 2.25 bits per heavy atom. The van der Waals surface area contributed by atoms with Crippen molar-refractivity contribution in [2.75, 3.05) is 18.5 Å². The normalized spacial score (nSPS) is 11.9. The van der Waals surface area contributed by atoms with Crippen molar-refractivity contribution in [3.63, 3.8) is 0 Å². The molecule has 16 heavy (non-hydrogen) atoms. The highest BCUT2D eigenvalue weighted by Gasteiger charge is 2.08. The maximum absolute atomic E-state index is 9.22. The van der Waals surface area contributed by atoms with Crippen molar-refractivity contribution in [3.8, 4) is 6.07 Å². The molecule has 1 aromatic rings. The molecule has 0 fully saturated rings. The Kier molecular flexibility index (Phi) is 4.78. The van der Waals surface area contributed by atoms with E-state index in [2.05, 4.69) is 22.0 Å². The molecular formula is C12H15BrN2O. The second kappa shape index (κ2) is 5.88. The fraction of sp³-hybridized carbons (Fsp3) is 0.417. The minimum absolute atomic E-state index is 0.316. The Morgan fingerprint density at radius 1 is 1.56 bits per heavy atom. The lowest BCUT2D eigenvalue weighted by molar-refractivity contribution is 0.187. The summed E-state index contributed by atoms with van der Waals surface area (Å²) in [5, 5.41) is 18.2. The predicted molar refractivity (Wildman–Crippen MR) is 68.4 cm³/mol. The van der Waals surface area contributed by atoms with Crippen LogP contribution >= 0.6 is 15.9 Å². The molecule has 0 radical (unpaired) electrons. The van der Waals surface area contributed by atoms with Gasteiger partial charge >= 0.3 is 0 Å². The first-order chi connectivity index (χ1) is 7.54. The van der Waals surface area contributed by atoms with Gasteiger partial charge in [-0.15, -0.1) is 0 Å². The zero-order valence-electron chi connectivity index (χ0n) is 9.44. The van der Waals surface area contributed by atoms with Gasteiger partial charge in [0.25, 0.3) is 0 Å². The van der Waals surface area contributed by atoms with Crippen LogP contribution < -0.4 is 4.90 Å². The zero-order valence-corrected chi connectivity index (χ0v) is 11.0. The summed E-state index contributed by atoms with van der Waals surface area (Å²) in [4.78, 5) is 1.98. The molecule has 0 aliphatic heterocycles. The molecule has 0 aromatic heterocycles. The van der Waals surface area contributed by atoms with Gasteiger partial charge in [-0.25, -0.2) is 0 Å². The van der Waals surface area contributed by atoms with Crippen molar-refractivity contribution in [3.05, 3.63) is 28.2 Å². The number of benzene rings is 1. The Bertz CT molecular complexity index is 398. The van der Waals surface area contributed by atoms with Gasteiger partial charge in [0.2, 0.25) is 0 Å². The quantitative estimate of drug-likeness (QED) is 0.923. The van der Waals surface area contributed by atoms with Crippen LogP contribution in [0.5, 0.6) is 0 Å². The van der Waals surface area contributed by atoms with E-state index in [-0.39, 0.29) is 6.10 Å². The highest BCUT2D eigenvalue weighted by molar-refractivity contribution is 9.10. The molecule has 4 heteroatoms. The number of nitriles is 1. The van der Waals surface area contributed by atoms with Crippen molar-refractivity contribution in [2.45, 2.75) is 19.4 Å². The summed E-state index contributed by atoms with van der Waals surface area (Å²) in [7, 11) is 1.92. The summed E-state index contributed by atoms with van der Waals surface area (Å²) in [5.74, 6) is 0. The molecule has 86 valence electrons. The molecule has 1 atom stereocenters. The van der Waals surface area contributed by atoms with E-state index in [1.165, 1.54) is 0 Å². The van der Waals surface area contributed by atoms with Gasteiger partial charge in [0, 0.05) is 18.1 Å². The molecule has 1 aromatic carbocycles. The maximum atomic E-state index is 9.22. The number of anilines is 1. The van der Waals surface area contributed by atoms with Crippen molar-refractivity contribution in [2.24, 2.45) is 0 Å². The van der Waals surface area contributed by atoms with E-state index < -0.39 is 0 Å². The van der Waals surface area contributed by atoms with Crippen LogP contribution in [0.4, 0.5) is 5.69 Å². The summed E-state index contributed by atoms with van der Waals surface area (Å²) in [5.41, 5.74) is 1.54. The van der Waals surface area contributed by atoms with Crippen molar-refractivity contribution < 1.29 is 5.11 Å². The molecule has 0 amide bonds.